The third-order valence-electron chi connectivity index (χ3n) is 2.43. The number of benzene rings is 1. The van der Waals surface area contributed by atoms with E-state index in [1.807, 2.05) is 31.2 Å². The van der Waals surface area contributed by atoms with Gasteiger partial charge in [-0.15, -0.1) is 0 Å². The van der Waals surface area contributed by atoms with Crippen LogP contribution in [0.1, 0.15) is 12.5 Å². The minimum absolute atomic E-state index is 0.0868. The number of allylic oxidation sites excluding steroid dienone is 3. The van der Waals surface area contributed by atoms with Crippen molar-refractivity contribution in [3.63, 3.8) is 0 Å². The molecule has 0 atom stereocenters. The fourth-order valence-corrected chi connectivity index (χ4v) is 1.75. The number of halogens is 1. The van der Waals surface area contributed by atoms with Crippen molar-refractivity contribution in [3.05, 3.63) is 52.8 Å². The van der Waals surface area contributed by atoms with E-state index in [0.29, 0.717) is 5.02 Å². The Hall–Kier alpha value is -1.65. The lowest BCUT2D eigenvalue weighted by atomic mass is 10.1. The third kappa shape index (κ3) is 2.97. The number of hydrogen-bond acceptors (Lipinski definition) is 3. The van der Waals surface area contributed by atoms with Crippen molar-refractivity contribution >= 4 is 40.5 Å². The van der Waals surface area contributed by atoms with Gasteiger partial charge in [0.05, 0.1) is 0 Å². The van der Waals surface area contributed by atoms with E-state index in [2.05, 4.69) is 5.32 Å². The van der Waals surface area contributed by atoms with Crippen molar-refractivity contribution in [2.45, 2.75) is 6.92 Å². The van der Waals surface area contributed by atoms with Gasteiger partial charge in [-0.1, -0.05) is 29.8 Å². The highest BCUT2D eigenvalue weighted by atomic mass is 35.5. The van der Waals surface area contributed by atoms with Crippen molar-refractivity contribution in [1.29, 1.82) is 0 Å². The first-order valence-corrected chi connectivity index (χ1v) is 6.02. The first-order chi connectivity index (χ1) is 8.56. The van der Waals surface area contributed by atoms with E-state index in [4.69, 9.17) is 28.6 Å². The molecule has 0 spiro atoms. The quantitative estimate of drug-likeness (QED) is 0.668. The van der Waals surface area contributed by atoms with Crippen LogP contribution in [0, 0.1) is 0 Å². The SMILES string of the molecule is CC(=CC=C1OC(=S)NC1=O)c1ccc(Cl)cc1. The van der Waals surface area contributed by atoms with Gasteiger partial charge >= 0.3 is 0 Å². The number of nitrogens with one attached hydrogen (secondary N) is 1. The Morgan fingerprint density at radius 1 is 1.39 bits per heavy atom. The topological polar surface area (TPSA) is 38.3 Å². The molecule has 0 aliphatic carbocycles. The summed E-state index contributed by atoms with van der Waals surface area (Å²) in [5.41, 5.74) is 2.02. The summed E-state index contributed by atoms with van der Waals surface area (Å²) in [6, 6.07) is 7.45. The zero-order valence-corrected chi connectivity index (χ0v) is 11.1. The van der Waals surface area contributed by atoms with Crippen LogP contribution in [-0.2, 0) is 9.53 Å². The Balaban J connectivity index is 2.19. The largest absolute Gasteiger partial charge is 0.426 e. The maximum Gasteiger partial charge on any atom is 0.294 e. The number of thiocarbonyl (C=S) groups is 1. The van der Waals surface area contributed by atoms with Gasteiger partial charge in [-0.25, -0.2) is 0 Å². The Labute approximate surface area is 115 Å². The van der Waals surface area contributed by atoms with Gasteiger partial charge < -0.3 is 4.74 Å². The average molecular weight is 280 g/mol. The molecule has 18 heavy (non-hydrogen) atoms. The summed E-state index contributed by atoms with van der Waals surface area (Å²) in [7, 11) is 0. The molecule has 1 heterocycles. The van der Waals surface area contributed by atoms with Gasteiger partial charge in [0.15, 0.2) is 5.76 Å². The van der Waals surface area contributed by atoms with Gasteiger partial charge in [0.2, 0.25) is 0 Å². The van der Waals surface area contributed by atoms with Crippen LogP contribution in [0.25, 0.3) is 5.57 Å². The van der Waals surface area contributed by atoms with Gasteiger partial charge in [0.1, 0.15) is 0 Å². The predicted octanol–water partition coefficient (Wildman–Crippen LogP) is 3.06. The van der Waals surface area contributed by atoms with E-state index < -0.39 is 0 Å². The summed E-state index contributed by atoms with van der Waals surface area (Å²) in [4.78, 5) is 11.3. The molecule has 1 N–H and O–H groups in total. The van der Waals surface area contributed by atoms with Crippen molar-refractivity contribution in [3.8, 4) is 0 Å². The minimum Gasteiger partial charge on any atom is -0.426 e. The van der Waals surface area contributed by atoms with E-state index >= 15 is 0 Å². The van der Waals surface area contributed by atoms with Crippen LogP contribution in [0.5, 0.6) is 0 Å². The van der Waals surface area contributed by atoms with Crippen LogP contribution in [0.4, 0.5) is 0 Å². The van der Waals surface area contributed by atoms with Crippen LogP contribution in [0.2, 0.25) is 5.02 Å². The lowest BCUT2D eigenvalue weighted by Gasteiger charge is -2.00. The molecular weight excluding hydrogens is 270 g/mol. The second kappa shape index (κ2) is 5.33. The smallest absolute Gasteiger partial charge is 0.294 e. The van der Waals surface area contributed by atoms with E-state index in [0.717, 1.165) is 11.1 Å². The molecule has 0 aromatic heterocycles. The van der Waals surface area contributed by atoms with E-state index in [1.54, 1.807) is 12.2 Å². The minimum atomic E-state index is -0.319. The number of ether oxygens (including phenoxy) is 1. The monoisotopic (exact) mass is 279 g/mol. The van der Waals surface area contributed by atoms with Gasteiger partial charge in [-0.2, -0.15) is 0 Å². The molecule has 2 rings (SSSR count). The zero-order chi connectivity index (χ0) is 13.1. The van der Waals surface area contributed by atoms with Crippen molar-refractivity contribution < 1.29 is 9.53 Å². The molecule has 5 heteroatoms. The number of carbonyl (C=O) groups is 1. The highest BCUT2D eigenvalue weighted by Crippen LogP contribution is 2.18. The molecule has 1 amide bonds. The molecule has 0 saturated carbocycles. The molecule has 0 unspecified atom stereocenters. The normalized spacial score (nSPS) is 17.9. The standard InChI is InChI=1S/C13H10ClNO2S/c1-8(9-3-5-10(14)6-4-9)2-7-11-12(16)15-13(18)17-11/h2-7H,1H3,(H,15,16,18). The summed E-state index contributed by atoms with van der Waals surface area (Å²) in [6.45, 7) is 1.94. The van der Waals surface area contributed by atoms with Crippen LogP contribution in [0.3, 0.4) is 0 Å². The van der Waals surface area contributed by atoms with E-state index in [9.17, 15) is 4.79 Å². The maximum absolute atomic E-state index is 11.3. The Morgan fingerprint density at radius 3 is 2.61 bits per heavy atom. The molecule has 1 fully saturated rings. The summed E-state index contributed by atoms with van der Waals surface area (Å²) < 4.78 is 5.05. The molecule has 1 aromatic rings. The molecule has 3 nitrogen and oxygen atoms in total. The maximum atomic E-state index is 11.3. The van der Waals surface area contributed by atoms with E-state index in [1.165, 1.54) is 0 Å². The van der Waals surface area contributed by atoms with Crippen LogP contribution >= 0.6 is 23.8 Å². The van der Waals surface area contributed by atoms with Crippen molar-refractivity contribution in [2.75, 3.05) is 0 Å². The Bertz CT molecular complexity index is 561. The number of carbonyl (C=O) groups excluding carboxylic acids is 1. The summed E-state index contributed by atoms with van der Waals surface area (Å²) in [5, 5.41) is 3.17. The molecule has 1 saturated heterocycles. The van der Waals surface area contributed by atoms with Crippen LogP contribution < -0.4 is 5.32 Å². The molecule has 0 radical (unpaired) electrons. The van der Waals surface area contributed by atoms with Crippen molar-refractivity contribution in [1.82, 2.24) is 5.32 Å². The lowest BCUT2D eigenvalue weighted by molar-refractivity contribution is -0.116. The van der Waals surface area contributed by atoms with E-state index in [-0.39, 0.29) is 16.8 Å². The van der Waals surface area contributed by atoms with Crippen LogP contribution in [0.15, 0.2) is 42.2 Å². The Kier molecular flexibility index (Phi) is 3.79. The first kappa shape index (κ1) is 12.8. The second-order valence-corrected chi connectivity index (χ2v) is 4.54. The fraction of sp³-hybridized carbons (Fsp3) is 0.0769. The van der Waals surface area contributed by atoms with Gasteiger partial charge in [-0.3, -0.25) is 10.1 Å². The van der Waals surface area contributed by atoms with Gasteiger partial charge in [-0.05, 0) is 48.5 Å². The predicted molar refractivity (Wildman–Crippen MR) is 75.0 cm³/mol. The first-order valence-electron chi connectivity index (χ1n) is 5.24. The summed E-state index contributed by atoms with van der Waals surface area (Å²) in [5.74, 6) is -0.117. The molecule has 92 valence electrons. The molecular formula is C13H10ClNO2S. The Morgan fingerprint density at radius 2 is 2.06 bits per heavy atom. The average Bonchev–Trinajstić information content (AvgIpc) is 2.66. The number of amides is 1. The summed E-state index contributed by atoms with van der Waals surface area (Å²) >= 11 is 10.5. The fourth-order valence-electron chi connectivity index (χ4n) is 1.45. The highest BCUT2D eigenvalue weighted by Gasteiger charge is 2.22. The second-order valence-electron chi connectivity index (χ2n) is 3.73. The van der Waals surface area contributed by atoms with Gasteiger partial charge in [0.25, 0.3) is 11.1 Å². The third-order valence-corrected chi connectivity index (χ3v) is 2.86. The van der Waals surface area contributed by atoms with Gasteiger partial charge in [0, 0.05) is 5.02 Å². The summed E-state index contributed by atoms with van der Waals surface area (Å²) in [6.07, 6.45) is 3.39. The molecule has 0 bridgehead atoms. The highest BCUT2D eigenvalue weighted by molar-refractivity contribution is 7.80. The molecule has 1 aromatic carbocycles. The number of rotatable bonds is 2. The molecule has 1 aliphatic heterocycles. The molecule has 1 aliphatic rings. The van der Waals surface area contributed by atoms with Crippen LogP contribution in [-0.4, -0.2) is 11.1 Å². The number of hydrogen-bond donors (Lipinski definition) is 1. The van der Waals surface area contributed by atoms with Crippen molar-refractivity contribution in [2.24, 2.45) is 0 Å². The lowest BCUT2D eigenvalue weighted by Crippen LogP contribution is -2.18. The zero-order valence-electron chi connectivity index (χ0n) is 9.57.